The summed E-state index contributed by atoms with van der Waals surface area (Å²) < 4.78 is 5.36. The number of thiazole rings is 1. The summed E-state index contributed by atoms with van der Waals surface area (Å²) in [7, 11) is 0. The van der Waals surface area contributed by atoms with Crippen molar-refractivity contribution in [2.45, 2.75) is 19.5 Å². The molecule has 4 nitrogen and oxygen atoms in total. The zero-order chi connectivity index (χ0) is 12.4. The monoisotopic (exact) mass is 299 g/mol. The molecule has 3 rings (SSSR count). The SMILES string of the molecule is C[C@H]1CN(Cc2csc(-c3ccco3)n2)CCN1.Cl. The second-order valence-corrected chi connectivity index (χ2v) is 5.57. The number of furan rings is 1. The van der Waals surface area contributed by atoms with E-state index in [1.807, 2.05) is 12.1 Å². The van der Waals surface area contributed by atoms with Crippen molar-refractivity contribution >= 4 is 23.7 Å². The van der Waals surface area contributed by atoms with Gasteiger partial charge in [-0.3, -0.25) is 4.90 Å². The van der Waals surface area contributed by atoms with E-state index in [1.165, 1.54) is 0 Å². The van der Waals surface area contributed by atoms with Crippen LogP contribution in [0.3, 0.4) is 0 Å². The minimum absolute atomic E-state index is 0. The summed E-state index contributed by atoms with van der Waals surface area (Å²) in [6, 6.07) is 4.42. The first-order valence-electron chi connectivity index (χ1n) is 6.25. The lowest BCUT2D eigenvalue weighted by Gasteiger charge is -2.31. The number of nitrogens with zero attached hydrogens (tertiary/aromatic N) is 2. The van der Waals surface area contributed by atoms with Crippen molar-refractivity contribution in [2.24, 2.45) is 0 Å². The maximum absolute atomic E-state index is 5.36. The first-order valence-corrected chi connectivity index (χ1v) is 7.13. The molecule has 0 bridgehead atoms. The molecule has 1 aliphatic rings. The molecule has 0 amide bonds. The Morgan fingerprint density at radius 3 is 3.21 bits per heavy atom. The van der Waals surface area contributed by atoms with Crippen LogP contribution in [0.15, 0.2) is 28.2 Å². The van der Waals surface area contributed by atoms with Crippen molar-refractivity contribution in [3.63, 3.8) is 0 Å². The fraction of sp³-hybridized carbons (Fsp3) is 0.462. The van der Waals surface area contributed by atoms with Crippen LogP contribution in [0, 0.1) is 0 Å². The van der Waals surface area contributed by atoms with Crippen LogP contribution in [0.4, 0.5) is 0 Å². The average molecular weight is 300 g/mol. The van der Waals surface area contributed by atoms with Crippen molar-refractivity contribution in [3.05, 3.63) is 29.5 Å². The number of halogens is 1. The topological polar surface area (TPSA) is 41.3 Å². The van der Waals surface area contributed by atoms with Crippen molar-refractivity contribution < 1.29 is 4.42 Å². The Labute approximate surface area is 123 Å². The van der Waals surface area contributed by atoms with E-state index in [0.717, 1.165) is 42.6 Å². The summed E-state index contributed by atoms with van der Waals surface area (Å²) >= 11 is 1.65. The van der Waals surface area contributed by atoms with Crippen molar-refractivity contribution in [2.75, 3.05) is 19.6 Å². The molecule has 1 saturated heterocycles. The smallest absolute Gasteiger partial charge is 0.162 e. The lowest BCUT2D eigenvalue weighted by Crippen LogP contribution is -2.48. The van der Waals surface area contributed by atoms with E-state index in [0.29, 0.717) is 6.04 Å². The molecule has 0 unspecified atom stereocenters. The van der Waals surface area contributed by atoms with Gasteiger partial charge in [-0.15, -0.1) is 23.7 Å². The summed E-state index contributed by atoms with van der Waals surface area (Å²) in [6.45, 7) is 6.41. The number of hydrogen-bond donors (Lipinski definition) is 1. The number of rotatable bonds is 3. The summed E-state index contributed by atoms with van der Waals surface area (Å²) in [5.41, 5.74) is 1.14. The highest BCUT2D eigenvalue weighted by Crippen LogP contribution is 2.24. The maximum atomic E-state index is 5.36. The number of hydrogen-bond acceptors (Lipinski definition) is 5. The largest absolute Gasteiger partial charge is 0.462 e. The van der Waals surface area contributed by atoms with Crippen molar-refractivity contribution in [1.29, 1.82) is 0 Å². The second-order valence-electron chi connectivity index (χ2n) is 4.71. The summed E-state index contributed by atoms with van der Waals surface area (Å²) in [6.07, 6.45) is 1.69. The highest BCUT2D eigenvalue weighted by atomic mass is 35.5. The Bertz CT molecular complexity index is 500. The third-order valence-corrected chi connectivity index (χ3v) is 4.03. The summed E-state index contributed by atoms with van der Waals surface area (Å²) in [5.74, 6) is 0.861. The van der Waals surface area contributed by atoms with E-state index in [1.54, 1.807) is 17.6 Å². The lowest BCUT2D eigenvalue weighted by molar-refractivity contribution is 0.198. The molecule has 0 saturated carbocycles. The van der Waals surface area contributed by atoms with Crippen LogP contribution in [0.2, 0.25) is 0 Å². The molecular weight excluding hydrogens is 282 g/mol. The van der Waals surface area contributed by atoms with Gasteiger partial charge in [0.1, 0.15) is 0 Å². The molecule has 1 fully saturated rings. The van der Waals surface area contributed by atoms with Crippen molar-refractivity contribution in [3.8, 4) is 10.8 Å². The van der Waals surface area contributed by atoms with E-state index < -0.39 is 0 Å². The predicted octanol–water partition coefficient (Wildman–Crippen LogP) is 2.62. The standard InChI is InChI=1S/C13H17N3OS.ClH/c1-10-7-16(5-4-14-10)8-11-9-18-13(15-11)12-3-2-6-17-12;/h2-3,6,9-10,14H,4-5,7-8H2,1H3;1H/t10-;/m0./s1. The molecule has 1 aliphatic heterocycles. The van der Waals surface area contributed by atoms with E-state index in [2.05, 4.69) is 27.5 Å². The van der Waals surface area contributed by atoms with Crippen LogP contribution >= 0.6 is 23.7 Å². The molecule has 0 radical (unpaired) electrons. The lowest BCUT2D eigenvalue weighted by atomic mass is 10.2. The first kappa shape index (κ1) is 14.5. The zero-order valence-corrected chi connectivity index (χ0v) is 12.5. The molecule has 2 aromatic heterocycles. The molecule has 1 atom stereocenters. The zero-order valence-electron chi connectivity index (χ0n) is 10.8. The highest BCUT2D eigenvalue weighted by molar-refractivity contribution is 7.13. The van der Waals surface area contributed by atoms with E-state index in [9.17, 15) is 0 Å². The van der Waals surface area contributed by atoms with Gasteiger partial charge in [0.2, 0.25) is 0 Å². The molecule has 0 aliphatic carbocycles. The molecule has 0 spiro atoms. The van der Waals surface area contributed by atoms with Gasteiger partial charge in [0.05, 0.1) is 12.0 Å². The Balaban J connectivity index is 0.00000133. The Morgan fingerprint density at radius 1 is 1.58 bits per heavy atom. The van der Waals surface area contributed by atoms with Crippen molar-refractivity contribution in [1.82, 2.24) is 15.2 Å². The Hall–Kier alpha value is -0.880. The fourth-order valence-electron chi connectivity index (χ4n) is 2.28. The summed E-state index contributed by atoms with van der Waals surface area (Å²) in [5, 5.41) is 6.55. The van der Waals surface area contributed by atoms with Crippen LogP contribution < -0.4 is 5.32 Å². The van der Waals surface area contributed by atoms with Crippen LogP contribution in [0.5, 0.6) is 0 Å². The molecule has 2 aromatic rings. The Morgan fingerprint density at radius 2 is 2.47 bits per heavy atom. The molecular formula is C13H18ClN3OS. The average Bonchev–Trinajstić information content (AvgIpc) is 2.98. The van der Waals surface area contributed by atoms with Gasteiger partial charge in [-0.25, -0.2) is 4.98 Å². The van der Waals surface area contributed by atoms with Gasteiger partial charge in [-0.2, -0.15) is 0 Å². The maximum Gasteiger partial charge on any atom is 0.162 e. The molecule has 19 heavy (non-hydrogen) atoms. The van der Waals surface area contributed by atoms with Gasteiger partial charge >= 0.3 is 0 Å². The minimum atomic E-state index is 0. The van der Waals surface area contributed by atoms with Gasteiger partial charge in [0.15, 0.2) is 10.8 Å². The third-order valence-electron chi connectivity index (χ3n) is 3.12. The molecule has 6 heteroatoms. The van der Waals surface area contributed by atoms with Crippen LogP contribution in [0.25, 0.3) is 10.8 Å². The first-order chi connectivity index (χ1) is 8.81. The highest BCUT2D eigenvalue weighted by Gasteiger charge is 2.17. The molecule has 1 N–H and O–H groups in total. The molecule has 3 heterocycles. The quantitative estimate of drug-likeness (QED) is 0.946. The Kier molecular flexibility index (Phi) is 4.99. The van der Waals surface area contributed by atoms with Gasteiger partial charge in [-0.05, 0) is 19.1 Å². The van der Waals surface area contributed by atoms with Gasteiger partial charge in [0.25, 0.3) is 0 Å². The number of nitrogens with one attached hydrogen (secondary N) is 1. The van der Waals surface area contributed by atoms with Crippen LogP contribution in [-0.2, 0) is 6.54 Å². The van der Waals surface area contributed by atoms with E-state index in [-0.39, 0.29) is 12.4 Å². The van der Waals surface area contributed by atoms with E-state index >= 15 is 0 Å². The second kappa shape index (κ2) is 6.52. The normalized spacial score (nSPS) is 20.2. The fourth-order valence-corrected chi connectivity index (χ4v) is 3.06. The molecule has 0 aromatic carbocycles. The van der Waals surface area contributed by atoms with Gasteiger partial charge in [0, 0.05) is 37.6 Å². The van der Waals surface area contributed by atoms with Gasteiger partial charge in [-0.1, -0.05) is 0 Å². The number of piperazine rings is 1. The van der Waals surface area contributed by atoms with Crippen LogP contribution in [-0.4, -0.2) is 35.6 Å². The summed E-state index contributed by atoms with van der Waals surface area (Å²) in [4.78, 5) is 7.08. The van der Waals surface area contributed by atoms with Gasteiger partial charge < -0.3 is 9.73 Å². The molecule has 104 valence electrons. The predicted molar refractivity (Wildman–Crippen MR) is 79.8 cm³/mol. The van der Waals surface area contributed by atoms with Crippen LogP contribution in [0.1, 0.15) is 12.6 Å². The minimum Gasteiger partial charge on any atom is -0.462 e. The number of aromatic nitrogens is 1. The van der Waals surface area contributed by atoms with E-state index in [4.69, 9.17) is 4.42 Å². The third kappa shape index (κ3) is 3.57.